The van der Waals surface area contributed by atoms with Crippen molar-refractivity contribution < 1.29 is 4.42 Å². The van der Waals surface area contributed by atoms with Gasteiger partial charge in [0.2, 0.25) is 0 Å². The van der Waals surface area contributed by atoms with Gasteiger partial charge in [-0.3, -0.25) is 0 Å². The lowest BCUT2D eigenvalue weighted by molar-refractivity contribution is 0.669. The molecule has 0 saturated carbocycles. The van der Waals surface area contributed by atoms with Crippen LogP contribution in [-0.4, -0.2) is 13.7 Å². The van der Waals surface area contributed by atoms with Gasteiger partial charge in [0.25, 0.3) is 0 Å². The lowest BCUT2D eigenvalue weighted by Crippen LogP contribution is -1.95. The van der Waals surface area contributed by atoms with E-state index in [9.17, 15) is 0 Å². The highest BCUT2D eigenvalue weighted by Crippen LogP contribution is 2.44. The Kier molecular flexibility index (Phi) is 6.41. The van der Waals surface area contributed by atoms with Gasteiger partial charge in [-0.25, -0.2) is 0 Å². The van der Waals surface area contributed by atoms with E-state index in [1.165, 1.54) is 65.5 Å². The van der Waals surface area contributed by atoms with E-state index in [1.54, 1.807) is 0 Å². The topological polar surface area (TPSA) is 27.9 Å². The molecule has 0 amide bonds. The summed E-state index contributed by atoms with van der Waals surface area (Å²) < 4.78 is 13.7. The molecule has 0 spiro atoms. The molecule has 0 unspecified atom stereocenters. The van der Waals surface area contributed by atoms with Crippen molar-refractivity contribution >= 4 is 87.4 Å². The van der Waals surface area contributed by atoms with E-state index in [1.807, 2.05) is 6.07 Å². The van der Waals surface area contributed by atoms with Crippen molar-refractivity contribution in [2.24, 2.45) is 0 Å². The summed E-state index contributed by atoms with van der Waals surface area (Å²) in [6.07, 6.45) is 0. The Morgan fingerprint density at radius 3 is 1.50 bits per heavy atom. The molecule has 270 valence electrons. The second-order valence-electron chi connectivity index (χ2n) is 15.3. The Hall–Kier alpha value is -7.82. The molecule has 4 nitrogen and oxygen atoms in total. The molecule has 58 heavy (non-hydrogen) atoms. The molecule has 4 aromatic heterocycles. The molecule has 0 fully saturated rings. The minimum Gasteiger partial charge on any atom is -0.456 e. The van der Waals surface area contributed by atoms with Gasteiger partial charge >= 0.3 is 0 Å². The molecule has 0 aliphatic carbocycles. The fraction of sp³-hybridized carbons (Fsp3) is 0. The first-order valence-corrected chi connectivity index (χ1v) is 19.8. The van der Waals surface area contributed by atoms with Gasteiger partial charge in [-0.05, 0) is 102 Å². The largest absolute Gasteiger partial charge is 0.456 e. The maximum Gasteiger partial charge on any atom is 0.136 e. The first-order valence-electron chi connectivity index (χ1n) is 19.8. The smallest absolute Gasteiger partial charge is 0.136 e. The van der Waals surface area contributed by atoms with Crippen LogP contribution in [0.5, 0.6) is 0 Å². The highest BCUT2D eigenvalue weighted by atomic mass is 16.3. The van der Waals surface area contributed by atoms with Crippen molar-refractivity contribution in [3.05, 3.63) is 200 Å². The van der Waals surface area contributed by atoms with Crippen molar-refractivity contribution in [1.82, 2.24) is 13.7 Å². The van der Waals surface area contributed by atoms with E-state index in [-0.39, 0.29) is 0 Å². The van der Waals surface area contributed by atoms with Gasteiger partial charge in [0.1, 0.15) is 11.2 Å². The maximum atomic E-state index is 6.45. The third-order valence-electron chi connectivity index (χ3n) is 12.2. The molecule has 0 saturated heterocycles. The van der Waals surface area contributed by atoms with Crippen molar-refractivity contribution in [2.45, 2.75) is 0 Å². The monoisotopic (exact) mass is 739 g/mol. The van der Waals surface area contributed by atoms with Crippen LogP contribution in [0.4, 0.5) is 0 Å². The van der Waals surface area contributed by atoms with Crippen LogP contribution >= 0.6 is 0 Å². The van der Waals surface area contributed by atoms with Crippen molar-refractivity contribution in [2.75, 3.05) is 0 Å². The highest BCUT2D eigenvalue weighted by molar-refractivity contribution is 6.26. The predicted molar refractivity (Wildman–Crippen MR) is 242 cm³/mol. The van der Waals surface area contributed by atoms with E-state index in [4.69, 9.17) is 4.42 Å². The van der Waals surface area contributed by atoms with Gasteiger partial charge in [-0.2, -0.15) is 0 Å². The SMILES string of the molecule is c1ccc(-n2c3ccc(-c4ccc5c(c4)c4c(ccc6c7ccccc7n(-c7ccccc7)c64)n5-c4ccccc4)cc3c3cc4oc5ccccc5c4cc32)cc1. The van der Waals surface area contributed by atoms with E-state index in [0.717, 1.165) is 50.0 Å². The summed E-state index contributed by atoms with van der Waals surface area (Å²) >= 11 is 0. The summed E-state index contributed by atoms with van der Waals surface area (Å²) in [5, 5.41) is 9.58. The molecular weight excluding hydrogens is 707 g/mol. The maximum absolute atomic E-state index is 6.45. The van der Waals surface area contributed by atoms with E-state index < -0.39 is 0 Å². The van der Waals surface area contributed by atoms with E-state index >= 15 is 0 Å². The summed E-state index contributed by atoms with van der Waals surface area (Å²) in [7, 11) is 0. The van der Waals surface area contributed by atoms with Crippen LogP contribution in [-0.2, 0) is 0 Å². The fourth-order valence-corrected chi connectivity index (χ4v) is 9.71. The van der Waals surface area contributed by atoms with Crippen LogP contribution in [0.3, 0.4) is 0 Å². The zero-order valence-corrected chi connectivity index (χ0v) is 31.3. The Labute approximate surface area is 332 Å². The molecule has 13 aromatic rings. The molecule has 4 heterocycles. The number of nitrogens with zero attached hydrogens (tertiary/aromatic N) is 3. The molecule has 4 heteroatoms. The molecule has 9 aromatic carbocycles. The third kappa shape index (κ3) is 4.34. The van der Waals surface area contributed by atoms with Gasteiger partial charge in [0, 0.05) is 60.2 Å². The Bertz CT molecular complexity index is 3770. The first kappa shape index (κ1) is 31.4. The summed E-state index contributed by atoms with van der Waals surface area (Å²) in [5.41, 5.74) is 14.7. The zero-order chi connectivity index (χ0) is 37.9. The van der Waals surface area contributed by atoms with Gasteiger partial charge in [0.05, 0.1) is 33.1 Å². The van der Waals surface area contributed by atoms with Crippen LogP contribution < -0.4 is 0 Å². The number of para-hydroxylation sites is 5. The number of benzene rings is 9. The van der Waals surface area contributed by atoms with E-state index in [0.29, 0.717) is 0 Å². The Balaban J connectivity index is 1.12. The molecule has 0 radical (unpaired) electrons. The van der Waals surface area contributed by atoms with Crippen molar-refractivity contribution in [3.63, 3.8) is 0 Å². The number of fused-ring (bicyclic) bond motifs is 13. The number of rotatable bonds is 4. The second kappa shape index (κ2) is 11.8. The summed E-state index contributed by atoms with van der Waals surface area (Å²) in [5.74, 6) is 0. The second-order valence-corrected chi connectivity index (χ2v) is 15.3. The van der Waals surface area contributed by atoms with Crippen LogP contribution in [0.2, 0.25) is 0 Å². The highest BCUT2D eigenvalue weighted by Gasteiger charge is 2.22. The summed E-state index contributed by atoms with van der Waals surface area (Å²) in [6.45, 7) is 0. The van der Waals surface area contributed by atoms with E-state index in [2.05, 4.69) is 208 Å². The first-order chi connectivity index (χ1) is 28.8. The average molecular weight is 740 g/mol. The molecule has 13 rings (SSSR count). The summed E-state index contributed by atoms with van der Waals surface area (Å²) in [4.78, 5) is 0. The fourth-order valence-electron chi connectivity index (χ4n) is 9.71. The third-order valence-corrected chi connectivity index (χ3v) is 12.2. The Morgan fingerprint density at radius 1 is 0.276 bits per heavy atom. The van der Waals surface area contributed by atoms with Crippen LogP contribution in [0.25, 0.3) is 116 Å². The number of furan rings is 1. The quantitative estimate of drug-likeness (QED) is 0.177. The van der Waals surface area contributed by atoms with Crippen molar-refractivity contribution in [3.8, 4) is 28.2 Å². The van der Waals surface area contributed by atoms with Crippen LogP contribution in [0, 0.1) is 0 Å². The van der Waals surface area contributed by atoms with Gasteiger partial charge < -0.3 is 18.1 Å². The Morgan fingerprint density at radius 2 is 0.793 bits per heavy atom. The normalized spacial score (nSPS) is 12.1. The number of hydrogen-bond acceptors (Lipinski definition) is 1. The van der Waals surface area contributed by atoms with Crippen molar-refractivity contribution in [1.29, 1.82) is 0 Å². The number of hydrogen-bond donors (Lipinski definition) is 0. The molecule has 0 aliphatic heterocycles. The average Bonchev–Trinajstić information content (AvgIpc) is 4.02. The summed E-state index contributed by atoms with van der Waals surface area (Å²) in [6, 6.07) is 72.5. The van der Waals surface area contributed by atoms with Gasteiger partial charge in [0.15, 0.2) is 0 Å². The van der Waals surface area contributed by atoms with Gasteiger partial charge in [-0.15, -0.1) is 0 Å². The molecule has 0 bridgehead atoms. The lowest BCUT2D eigenvalue weighted by Gasteiger charge is -2.09. The molecule has 0 atom stereocenters. The molecule has 0 N–H and O–H groups in total. The molecule has 0 aliphatic rings. The molecular formula is C54H33N3O. The predicted octanol–water partition coefficient (Wildman–Crippen LogP) is 14.5. The van der Waals surface area contributed by atoms with Crippen LogP contribution in [0.15, 0.2) is 205 Å². The minimum absolute atomic E-state index is 0.902. The lowest BCUT2D eigenvalue weighted by atomic mass is 9.99. The zero-order valence-electron chi connectivity index (χ0n) is 31.3. The minimum atomic E-state index is 0.902. The standard InChI is InChI=1S/C54H33N3O/c1-4-14-36(15-5-1)55-48-28-25-35(31-45(48)53-49(55)29-26-41-39-20-10-12-22-46(39)57(54(41)53)38-18-8-3-9-19-38)34-24-27-47-42(30-34)43-33-52-44(40-21-11-13-23-51(40)58-52)32-50(43)56(47)37-16-6-2-7-17-37/h1-33H. The van der Waals surface area contributed by atoms with Crippen LogP contribution in [0.1, 0.15) is 0 Å². The van der Waals surface area contributed by atoms with Gasteiger partial charge in [-0.1, -0.05) is 109 Å². The number of aromatic nitrogens is 3.